The van der Waals surface area contributed by atoms with Crippen LogP contribution in [0.25, 0.3) is 0 Å². The normalized spacial score (nSPS) is 32.7. The van der Waals surface area contributed by atoms with Crippen molar-refractivity contribution in [3.05, 3.63) is 0 Å². The zero-order valence-corrected chi connectivity index (χ0v) is 11.9. The highest BCUT2D eigenvalue weighted by Gasteiger charge is 2.55. The molecule has 2 fully saturated rings. The maximum absolute atomic E-state index is 12.8. The number of carbonyl (C=O) groups excluding carboxylic acids is 2. The highest BCUT2D eigenvalue weighted by molar-refractivity contribution is 6.00. The maximum Gasteiger partial charge on any atom is 0.249 e. The van der Waals surface area contributed by atoms with Crippen LogP contribution < -0.4 is 5.32 Å². The van der Waals surface area contributed by atoms with Crippen molar-refractivity contribution in [1.82, 2.24) is 10.2 Å². The fourth-order valence-electron chi connectivity index (χ4n) is 2.98. The third kappa shape index (κ3) is 2.22. The predicted molar refractivity (Wildman–Crippen MR) is 73.1 cm³/mol. The summed E-state index contributed by atoms with van der Waals surface area (Å²) >= 11 is 0. The molecule has 0 spiro atoms. The highest BCUT2D eigenvalue weighted by atomic mass is 16.2. The summed E-state index contributed by atoms with van der Waals surface area (Å²) in [5, 5.41) is 2.92. The molecule has 19 heavy (non-hydrogen) atoms. The van der Waals surface area contributed by atoms with Crippen molar-refractivity contribution in [3.63, 3.8) is 0 Å². The van der Waals surface area contributed by atoms with Gasteiger partial charge in [-0.3, -0.25) is 9.59 Å². The Labute approximate surface area is 114 Å². The molecular formula is C15H22N2O2. The molecule has 0 radical (unpaired) electrons. The number of carbonyl (C=O) groups is 2. The lowest BCUT2D eigenvalue weighted by Crippen LogP contribution is -2.71. The summed E-state index contributed by atoms with van der Waals surface area (Å²) < 4.78 is 0. The average Bonchev–Trinajstić information content (AvgIpc) is 3.20. The first-order valence-corrected chi connectivity index (χ1v) is 7.04. The minimum absolute atomic E-state index is 0.0317. The van der Waals surface area contributed by atoms with E-state index in [9.17, 15) is 9.59 Å². The van der Waals surface area contributed by atoms with E-state index in [-0.39, 0.29) is 23.8 Å². The van der Waals surface area contributed by atoms with Gasteiger partial charge in [-0.2, -0.15) is 0 Å². The Balaban J connectivity index is 2.31. The quantitative estimate of drug-likeness (QED) is 0.776. The zero-order valence-electron chi connectivity index (χ0n) is 11.9. The molecule has 3 unspecified atom stereocenters. The largest absolute Gasteiger partial charge is 0.340 e. The fraction of sp³-hybridized carbons (Fsp3) is 0.733. The lowest BCUT2D eigenvalue weighted by molar-refractivity contribution is -0.157. The zero-order chi connectivity index (χ0) is 14.2. The van der Waals surface area contributed by atoms with Gasteiger partial charge in [-0.05, 0) is 39.0 Å². The molecule has 0 bridgehead atoms. The van der Waals surface area contributed by atoms with Crippen molar-refractivity contribution < 1.29 is 9.59 Å². The number of terminal acetylenes is 1. The molecular weight excluding hydrogens is 240 g/mol. The molecule has 0 aromatic rings. The van der Waals surface area contributed by atoms with Crippen LogP contribution in [0.5, 0.6) is 0 Å². The smallest absolute Gasteiger partial charge is 0.249 e. The van der Waals surface area contributed by atoms with Crippen LogP contribution in [0.3, 0.4) is 0 Å². The summed E-state index contributed by atoms with van der Waals surface area (Å²) in [6, 6.07) is -0.478. The van der Waals surface area contributed by atoms with Gasteiger partial charge in [-0.15, -0.1) is 12.3 Å². The van der Waals surface area contributed by atoms with Crippen molar-refractivity contribution in [2.24, 2.45) is 5.92 Å². The van der Waals surface area contributed by atoms with Crippen LogP contribution in [0.15, 0.2) is 0 Å². The Hall–Kier alpha value is -1.50. The van der Waals surface area contributed by atoms with Gasteiger partial charge in [0.1, 0.15) is 11.6 Å². The van der Waals surface area contributed by atoms with Gasteiger partial charge in [-0.25, -0.2) is 0 Å². The van der Waals surface area contributed by atoms with E-state index >= 15 is 0 Å². The predicted octanol–water partition coefficient (Wildman–Crippen LogP) is 1.30. The molecule has 2 aliphatic rings. The number of rotatable bonds is 4. The second-order valence-electron chi connectivity index (χ2n) is 5.82. The molecule has 4 nitrogen and oxygen atoms in total. The third-order valence-corrected chi connectivity index (χ3v) is 4.47. The molecule has 104 valence electrons. The fourth-order valence-corrected chi connectivity index (χ4v) is 2.98. The van der Waals surface area contributed by atoms with Gasteiger partial charge in [0.05, 0.1) is 0 Å². The molecule has 2 amide bonds. The molecule has 1 heterocycles. The van der Waals surface area contributed by atoms with Gasteiger partial charge in [-0.1, -0.05) is 6.92 Å². The van der Waals surface area contributed by atoms with Crippen LogP contribution in [0.2, 0.25) is 0 Å². The van der Waals surface area contributed by atoms with Crippen LogP contribution in [0.1, 0.15) is 46.5 Å². The van der Waals surface area contributed by atoms with E-state index in [2.05, 4.69) is 11.2 Å². The van der Waals surface area contributed by atoms with E-state index in [0.717, 1.165) is 19.3 Å². The number of hydrogen-bond donors (Lipinski definition) is 1. The Morgan fingerprint density at radius 1 is 1.53 bits per heavy atom. The number of piperazine rings is 1. The lowest BCUT2D eigenvalue weighted by atomic mass is 9.88. The molecule has 4 heteroatoms. The standard InChI is InChI=1S/C15H22N2O2/c1-5-7-12(6-2)17-10(3)13(18)16-15(4,14(17)19)11-8-9-11/h1,10-12H,6-9H2,2-4H3,(H,16,18). The van der Waals surface area contributed by atoms with Gasteiger partial charge in [0.2, 0.25) is 11.8 Å². The van der Waals surface area contributed by atoms with Crippen molar-refractivity contribution in [2.75, 3.05) is 0 Å². The summed E-state index contributed by atoms with van der Waals surface area (Å²) in [4.78, 5) is 26.7. The first kappa shape index (κ1) is 13.9. The van der Waals surface area contributed by atoms with E-state index in [1.165, 1.54) is 0 Å². The molecule has 3 atom stereocenters. The van der Waals surface area contributed by atoms with E-state index in [4.69, 9.17) is 6.42 Å². The van der Waals surface area contributed by atoms with E-state index in [0.29, 0.717) is 6.42 Å². The molecule has 0 aromatic heterocycles. The molecule has 1 aliphatic carbocycles. The number of nitrogens with one attached hydrogen (secondary N) is 1. The minimum Gasteiger partial charge on any atom is -0.340 e. The minimum atomic E-state index is -0.731. The van der Waals surface area contributed by atoms with Gasteiger partial charge in [0, 0.05) is 12.5 Å². The summed E-state index contributed by atoms with van der Waals surface area (Å²) in [7, 11) is 0. The topological polar surface area (TPSA) is 49.4 Å². The monoisotopic (exact) mass is 262 g/mol. The average molecular weight is 262 g/mol. The van der Waals surface area contributed by atoms with Crippen LogP contribution in [-0.2, 0) is 9.59 Å². The van der Waals surface area contributed by atoms with Crippen molar-refractivity contribution in [1.29, 1.82) is 0 Å². The summed E-state index contributed by atoms with van der Waals surface area (Å²) in [5.41, 5.74) is -0.731. The van der Waals surface area contributed by atoms with Gasteiger partial charge >= 0.3 is 0 Å². The Bertz CT molecular complexity index is 436. The number of hydrogen-bond acceptors (Lipinski definition) is 2. The molecule has 1 saturated carbocycles. The molecule has 0 aromatic carbocycles. The first-order valence-electron chi connectivity index (χ1n) is 7.04. The van der Waals surface area contributed by atoms with Gasteiger partial charge < -0.3 is 10.2 Å². The molecule has 2 rings (SSSR count). The molecule has 1 aliphatic heterocycles. The van der Waals surface area contributed by atoms with E-state index in [1.54, 1.807) is 11.8 Å². The SMILES string of the molecule is C#CCC(CC)N1C(=O)C(C)(C2CC2)NC(=O)C1C. The maximum atomic E-state index is 12.8. The summed E-state index contributed by atoms with van der Waals surface area (Å²) in [6.07, 6.45) is 8.68. The number of amides is 2. The highest BCUT2D eigenvalue weighted by Crippen LogP contribution is 2.42. The Morgan fingerprint density at radius 3 is 2.63 bits per heavy atom. The molecule has 1 N–H and O–H groups in total. The lowest BCUT2D eigenvalue weighted by Gasteiger charge is -2.46. The van der Waals surface area contributed by atoms with Crippen LogP contribution in [0, 0.1) is 18.3 Å². The summed E-state index contributed by atoms with van der Waals surface area (Å²) in [6.45, 7) is 5.63. The second-order valence-corrected chi connectivity index (χ2v) is 5.82. The van der Waals surface area contributed by atoms with Crippen molar-refractivity contribution in [3.8, 4) is 12.3 Å². The van der Waals surface area contributed by atoms with Gasteiger partial charge in [0.15, 0.2) is 0 Å². The van der Waals surface area contributed by atoms with Crippen molar-refractivity contribution >= 4 is 11.8 Å². The van der Waals surface area contributed by atoms with E-state index in [1.807, 2.05) is 13.8 Å². The second kappa shape index (κ2) is 4.88. The van der Waals surface area contributed by atoms with Crippen LogP contribution in [0.4, 0.5) is 0 Å². The third-order valence-electron chi connectivity index (χ3n) is 4.47. The molecule has 1 saturated heterocycles. The van der Waals surface area contributed by atoms with Crippen LogP contribution >= 0.6 is 0 Å². The Morgan fingerprint density at radius 2 is 2.16 bits per heavy atom. The summed E-state index contributed by atoms with van der Waals surface area (Å²) in [5.74, 6) is 2.86. The van der Waals surface area contributed by atoms with Crippen LogP contribution in [-0.4, -0.2) is 34.3 Å². The van der Waals surface area contributed by atoms with Crippen molar-refractivity contribution in [2.45, 2.75) is 64.1 Å². The van der Waals surface area contributed by atoms with E-state index < -0.39 is 11.6 Å². The Kier molecular flexibility index (Phi) is 3.58. The first-order chi connectivity index (χ1) is 8.95. The number of nitrogens with zero attached hydrogens (tertiary/aromatic N) is 1. The van der Waals surface area contributed by atoms with Gasteiger partial charge in [0.25, 0.3) is 0 Å².